The van der Waals surface area contributed by atoms with Crippen molar-refractivity contribution in [2.45, 2.75) is 64.8 Å². The van der Waals surface area contributed by atoms with Gasteiger partial charge in [0.05, 0.1) is 4.90 Å². The molecule has 0 radical (unpaired) electrons. The van der Waals surface area contributed by atoms with Crippen LogP contribution in [0.15, 0.2) is 4.90 Å². The number of sulfonamides is 1. The smallest absolute Gasteiger partial charge is 0.241 e. The van der Waals surface area contributed by atoms with E-state index in [1.807, 2.05) is 34.6 Å². The molecule has 1 unspecified atom stereocenters. The lowest BCUT2D eigenvalue weighted by Gasteiger charge is -2.23. The number of nitrogens with two attached hydrogens (primary N) is 1. The van der Waals surface area contributed by atoms with Gasteiger partial charge in [-0.2, -0.15) is 0 Å². The van der Waals surface area contributed by atoms with Crippen LogP contribution in [0.2, 0.25) is 0 Å². The molecule has 0 spiro atoms. The highest BCUT2D eigenvalue weighted by Gasteiger charge is 2.28. The first kappa shape index (κ1) is 20.9. The third-order valence-electron chi connectivity index (χ3n) is 5.80. The molecule has 1 fully saturated rings. The summed E-state index contributed by atoms with van der Waals surface area (Å²) in [5, 5.41) is 0. The quantitative estimate of drug-likeness (QED) is 0.786. The lowest BCUT2D eigenvalue weighted by molar-refractivity contribution is -0.131. The number of nitrogens with one attached hydrogen (secondary N) is 1. The Morgan fingerprint density at radius 1 is 1.08 bits per heavy atom. The molecule has 6 nitrogen and oxygen atoms in total. The molecule has 0 bridgehead atoms. The van der Waals surface area contributed by atoms with E-state index < -0.39 is 10.0 Å². The number of amides is 1. The molecule has 1 aliphatic heterocycles. The monoisotopic (exact) mass is 381 g/mol. The summed E-state index contributed by atoms with van der Waals surface area (Å²) in [5.74, 6) is -0.0367. The fourth-order valence-electron chi connectivity index (χ4n) is 3.79. The standard InChI is InChI=1S/C19H31N3O3S/c1-12-13(2)15(4)19(16(5)14(12)3)26(24,25)21-9-8-18(23)22-10-6-7-17(22)11-20/h17,21H,6-11,20H2,1-5H3. The van der Waals surface area contributed by atoms with E-state index in [-0.39, 0.29) is 24.9 Å². The fraction of sp³-hybridized carbons (Fsp3) is 0.632. The Labute approximate surface area is 157 Å². The first-order chi connectivity index (χ1) is 12.1. The number of carbonyl (C=O) groups excluding carboxylic acids is 1. The van der Waals surface area contributed by atoms with Gasteiger partial charge in [0, 0.05) is 32.1 Å². The van der Waals surface area contributed by atoms with Gasteiger partial charge in [-0.15, -0.1) is 0 Å². The Bertz CT molecular complexity index is 774. The summed E-state index contributed by atoms with van der Waals surface area (Å²) >= 11 is 0. The van der Waals surface area contributed by atoms with Gasteiger partial charge in [0.25, 0.3) is 0 Å². The van der Waals surface area contributed by atoms with E-state index in [2.05, 4.69) is 4.72 Å². The van der Waals surface area contributed by atoms with Crippen LogP contribution >= 0.6 is 0 Å². The second kappa shape index (κ2) is 8.06. The maximum absolute atomic E-state index is 12.9. The number of rotatable bonds is 6. The molecule has 1 amide bonds. The molecule has 146 valence electrons. The molecule has 2 rings (SSSR count). The van der Waals surface area contributed by atoms with Crippen molar-refractivity contribution in [3.8, 4) is 0 Å². The van der Waals surface area contributed by atoms with Crippen LogP contribution in [0, 0.1) is 34.6 Å². The SMILES string of the molecule is Cc1c(C)c(C)c(S(=O)(=O)NCCC(=O)N2CCCC2CN)c(C)c1C. The van der Waals surface area contributed by atoms with Gasteiger partial charge >= 0.3 is 0 Å². The predicted octanol–water partition coefficient (Wildman–Crippen LogP) is 1.85. The van der Waals surface area contributed by atoms with Crippen LogP contribution < -0.4 is 10.5 Å². The maximum Gasteiger partial charge on any atom is 0.241 e. The van der Waals surface area contributed by atoms with E-state index in [1.54, 1.807) is 4.90 Å². The van der Waals surface area contributed by atoms with Crippen molar-refractivity contribution in [1.29, 1.82) is 0 Å². The average molecular weight is 382 g/mol. The zero-order valence-electron chi connectivity index (χ0n) is 16.5. The van der Waals surface area contributed by atoms with Crippen molar-refractivity contribution in [3.05, 3.63) is 27.8 Å². The second-order valence-electron chi connectivity index (χ2n) is 7.22. The zero-order valence-corrected chi connectivity index (χ0v) is 17.3. The first-order valence-electron chi connectivity index (χ1n) is 9.18. The van der Waals surface area contributed by atoms with E-state index >= 15 is 0 Å². The third-order valence-corrected chi connectivity index (χ3v) is 7.53. The van der Waals surface area contributed by atoms with Crippen molar-refractivity contribution >= 4 is 15.9 Å². The Balaban J connectivity index is 2.12. The van der Waals surface area contributed by atoms with Gasteiger partial charge in [0.15, 0.2) is 0 Å². The minimum absolute atomic E-state index is 0.0367. The first-order valence-corrected chi connectivity index (χ1v) is 10.7. The molecular weight excluding hydrogens is 350 g/mol. The second-order valence-corrected chi connectivity index (χ2v) is 8.92. The van der Waals surface area contributed by atoms with Gasteiger partial charge in [-0.25, -0.2) is 13.1 Å². The van der Waals surface area contributed by atoms with E-state index in [4.69, 9.17) is 5.73 Å². The molecule has 0 aromatic heterocycles. The Morgan fingerprint density at radius 2 is 1.62 bits per heavy atom. The number of likely N-dealkylation sites (tertiary alicyclic amines) is 1. The van der Waals surface area contributed by atoms with Crippen LogP contribution in [-0.4, -0.2) is 44.9 Å². The molecule has 1 aromatic rings. The summed E-state index contributed by atoms with van der Waals surface area (Å²) in [5.41, 5.74) is 10.4. The number of benzene rings is 1. The zero-order chi connectivity index (χ0) is 19.6. The van der Waals surface area contributed by atoms with Crippen LogP contribution in [0.5, 0.6) is 0 Å². The largest absolute Gasteiger partial charge is 0.338 e. The summed E-state index contributed by atoms with van der Waals surface area (Å²) in [7, 11) is -3.67. The summed E-state index contributed by atoms with van der Waals surface area (Å²) in [6.45, 7) is 10.8. The minimum Gasteiger partial charge on any atom is -0.338 e. The molecular formula is C19H31N3O3S. The summed E-state index contributed by atoms with van der Waals surface area (Å²) < 4.78 is 28.3. The highest BCUT2D eigenvalue weighted by atomic mass is 32.2. The predicted molar refractivity (Wildman–Crippen MR) is 104 cm³/mol. The normalized spacial score (nSPS) is 17.8. The number of hydrogen-bond donors (Lipinski definition) is 2. The molecule has 1 aliphatic rings. The van der Waals surface area contributed by atoms with E-state index in [0.29, 0.717) is 18.0 Å². The van der Waals surface area contributed by atoms with Gasteiger partial charge in [-0.05, 0) is 75.3 Å². The van der Waals surface area contributed by atoms with Crippen molar-refractivity contribution in [3.63, 3.8) is 0 Å². The van der Waals surface area contributed by atoms with Crippen molar-refractivity contribution in [1.82, 2.24) is 9.62 Å². The van der Waals surface area contributed by atoms with Gasteiger partial charge in [0.2, 0.25) is 15.9 Å². The van der Waals surface area contributed by atoms with Gasteiger partial charge in [-0.3, -0.25) is 4.79 Å². The molecule has 26 heavy (non-hydrogen) atoms. The van der Waals surface area contributed by atoms with E-state index in [1.165, 1.54) is 0 Å². The maximum atomic E-state index is 12.9. The third kappa shape index (κ3) is 3.94. The van der Waals surface area contributed by atoms with E-state index in [9.17, 15) is 13.2 Å². The Kier molecular flexibility index (Phi) is 6.47. The van der Waals surface area contributed by atoms with Crippen LogP contribution in [0.25, 0.3) is 0 Å². The molecule has 0 saturated carbocycles. The van der Waals surface area contributed by atoms with Crippen LogP contribution in [0.4, 0.5) is 0 Å². The van der Waals surface area contributed by atoms with Crippen LogP contribution in [0.3, 0.4) is 0 Å². The molecule has 3 N–H and O–H groups in total. The number of carbonyl (C=O) groups is 1. The van der Waals surface area contributed by atoms with Gasteiger partial charge in [-0.1, -0.05) is 0 Å². The Morgan fingerprint density at radius 3 is 2.15 bits per heavy atom. The molecule has 7 heteroatoms. The lowest BCUT2D eigenvalue weighted by Crippen LogP contribution is -2.41. The topological polar surface area (TPSA) is 92.5 Å². The lowest BCUT2D eigenvalue weighted by atomic mass is 9.95. The minimum atomic E-state index is -3.67. The summed E-state index contributed by atoms with van der Waals surface area (Å²) in [6.07, 6.45) is 2.03. The Hall–Kier alpha value is -1.44. The number of hydrogen-bond acceptors (Lipinski definition) is 4. The highest BCUT2D eigenvalue weighted by Crippen LogP contribution is 2.29. The van der Waals surface area contributed by atoms with Gasteiger partial charge < -0.3 is 10.6 Å². The molecule has 1 saturated heterocycles. The molecule has 0 aliphatic carbocycles. The van der Waals surface area contributed by atoms with E-state index in [0.717, 1.165) is 40.7 Å². The summed E-state index contributed by atoms with van der Waals surface area (Å²) in [4.78, 5) is 14.5. The fourth-order valence-corrected chi connectivity index (χ4v) is 5.41. The molecule has 1 atom stereocenters. The van der Waals surface area contributed by atoms with Crippen molar-refractivity contribution in [2.75, 3.05) is 19.6 Å². The molecule has 1 heterocycles. The highest BCUT2D eigenvalue weighted by molar-refractivity contribution is 7.89. The average Bonchev–Trinajstić information content (AvgIpc) is 3.06. The molecule has 1 aromatic carbocycles. The number of nitrogens with zero attached hydrogens (tertiary/aromatic N) is 1. The van der Waals surface area contributed by atoms with Crippen molar-refractivity contribution in [2.24, 2.45) is 5.73 Å². The van der Waals surface area contributed by atoms with Crippen LogP contribution in [0.1, 0.15) is 47.1 Å². The van der Waals surface area contributed by atoms with Crippen LogP contribution in [-0.2, 0) is 14.8 Å². The van der Waals surface area contributed by atoms with Crippen molar-refractivity contribution < 1.29 is 13.2 Å². The summed E-state index contributed by atoms with van der Waals surface area (Å²) in [6, 6.07) is 0.0889. The van der Waals surface area contributed by atoms with Gasteiger partial charge in [0.1, 0.15) is 0 Å².